The lowest BCUT2D eigenvalue weighted by molar-refractivity contribution is 0.316. The maximum Gasteiger partial charge on any atom is 0.209 e. The van der Waals surface area contributed by atoms with E-state index in [1.54, 1.807) is 11.3 Å². The molecule has 0 aliphatic heterocycles. The smallest absolute Gasteiger partial charge is 0.209 e. The Bertz CT molecular complexity index is 844. The van der Waals surface area contributed by atoms with Gasteiger partial charge in [0.2, 0.25) is 5.95 Å². The Hall–Kier alpha value is -1.88. The molecule has 1 N–H and O–H groups in total. The van der Waals surface area contributed by atoms with E-state index in [-0.39, 0.29) is 0 Å². The standard InChI is InChI=1S/C17H20N4S/c1-17(2)9-8-12-14(10-17)22-16(19-12)20-15-18-11-6-4-5-7-13(11)21(15)3/h4-7H,8-10H2,1-3H3,(H,18,19,20). The van der Waals surface area contributed by atoms with Crippen LogP contribution in [-0.4, -0.2) is 14.5 Å². The van der Waals surface area contributed by atoms with Crippen molar-refractivity contribution >= 4 is 33.5 Å². The predicted molar refractivity (Wildman–Crippen MR) is 91.9 cm³/mol. The number of hydrogen-bond donors (Lipinski definition) is 1. The lowest BCUT2D eigenvalue weighted by Gasteiger charge is -2.28. The summed E-state index contributed by atoms with van der Waals surface area (Å²) in [5.74, 6) is 0.853. The van der Waals surface area contributed by atoms with E-state index in [4.69, 9.17) is 4.98 Å². The molecule has 1 aliphatic carbocycles. The van der Waals surface area contributed by atoms with Crippen LogP contribution < -0.4 is 5.32 Å². The zero-order valence-corrected chi connectivity index (χ0v) is 14.0. The number of nitrogens with one attached hydrogen (secondary N) is 1. The average molecular weight is 312 g/mol. The maximum absolute atomic E-state index is 4.78. The van der Waals surface area contributed by atoms with Crippen LogP contribution in [0.25, 0.3) is 11.0 Å². The number of anilines is 2. The van der Waals surface area contributed by atoms with Gasteiger partial charge in [0.15, 0.2) is 5.13 Å². The molecule has 1 aliphatic rings. The van der Waals surface area contributed by atoms with Crippen molar-refractivity contribution in [3.05, 3.63) is 34.8 Å². The summed E-state index contributed by atoms with van der Waals surface area (Å²) in [7, 11) is 2.04. The highest BCUT2D eigenvalue weighted by molar-refractivity contribution is 7.15. The molecule has 0 spiro atoms. The largest absolute Gasteiger partial charge is 0.313 e. The summed E-state index contributed by atoms with van der Waals surface area (Å²) in [6.45, 7) is 4.68. The van der Waals surface area contributed by atoms with Crippen LogP contribution in [0.1, 0.15) is 30.8 Å². The number of rotatable bonds is 2. The summed E-state index contributed by atoms with van der Waals surface area (Å²) in [6.07, 6.45) is 3.43. The van der Waals surface area contributed by atoms with Gasteiger partial charge >= 0.3 is 0 Å². The number of aromatic nitrogens is 3. The first kappa shape index (κ1) is 13.8. The SMILES string of the molecule is Cn1c(Nc2nc3c(s2)CC(C)(C)CC3)nc2ccccc21. The molecule has 0 fully saturated rings. The zero-order valence-electron chi connectivity index (χ0n) is 13.2. The summed E-state index contributed by atoms with van der Waals surface area (Å²) in [5.41, 5.74) is 3.81. The fourth-order valence-electron chi connectivity index (χ4n) is 3.10. The third-order valence-electron chi connectivity index (χ3n) is 4.46. The van der Waals surface area contributed by atoms with Gasteiger partial charge in [-0.05, 0) is 36.8 Å². The first-order chi connectivity index (χ1) is 10.5. The Balaban J connectivity index is 1.66. The van der Waals surface area contributed by atoms with Crippen molar-refractivity contribution in [1.82, 2.24) is 14.5 Å². The van der Waals surface area contributed by atoms with Gasteiger partial charge in [0, 0.05) is 11.9 Å². The van der Waals surface area contributed by atoms with Crippen molar-refractivity contribution < 1.29 is 0 Å². The van der Waals surface area contributed by atoms with Crippen molar-refractivity contribution in [1.29, 1.82) is 0 Å². The summed E-state index contributed by atoms with van der Waals surface area (Å²) in [5, 5.41) is 4.36. The second-order valence-electron chi connectivity index (χ2n) is 6.84. The molecule has 0 saturated carbocycles. The van der Waals surface area contributed by atoms with Crippen LogP contribution >= 0.6 is 11.3 Å². The van der Waals surface area contributed by atoms with E-state index in [9.17, 15) is 0 Å². The summed E-state index contributed by atoms with van der Waals surface area (Å²) in [4.78, 5) is 10.9. The van der Waals surface area contributed by atoms with Gasteiger partial charge in [0.1, 0.15) is 0 Å². The average Bonchev–Trinajstić information content (AvgIpc) is 3.00. The molecule has 0 radical (unpaired) electrons. The van der Waals surface area contributed by atoms with Crippen LogP contribution in [0.3, 0.4) is 0 Å². The fraction of sp³-hybridized carbons (Fsp3) is 0.412. The molecular formula is C17H20N4S. The summed E-state index contributed by atoms with van der Waals surface area (Å²) < 4.78 is 2.08. The molecule has 22 heavy (non-hydrogen) atoms. The number of thiazole rings is 1. The van der Waals surface area contributed by atoms with E-state index in [2.05, 4.69) is 34.8 Å². The lowest BCUT2D eigenvalue weighted by atomic mass is 9.79. The van der Waals surface area contributed by atoms with Crippen molar-refractivity contribution in [2.24, 2.45) is 12.5 Å². The van der Waals surface area contributed by atoms with Crippen LogP contribution in [0.5, 0.6) is 0 Å². The van der Waals surface area contributed by atoms with Crippen LogP contribution in [0.4, 0.5) is 11.1 Å². The van der Waals surface area contributed by atoms with Crippen molar-refractivity contribution in [2.75, 3.05) is 5.32 Å². The minimum atomic E-state index is 0.398. The van der Waals surface area contributed by atoms with E-state index in [0.29, 0.717) is 5.41 Å². The highest BCUT2D eigenvalue weighted by Gasteiger charge is 2.28. The van der Waals surface area contributed by atoms with Gasteiger partial charge in [-0.15, -0.1) is 11.3 Å². The van der Waals surface area contributed by atoms with E-state index >= 15 is 0 Å². The molecule has 0 bridgehead atoms. The molecule has 114 valence electrons. The molecular weight excluding hydrogens is 292 g/mol. The number of fused-ring (bicyclic) bond motifs is 2. The highest BCUT2D eigenvalue weighted by Crippen LogP contribution is 2.39. The van der Waals surface area contributed by atoms with Crippen LogP contribution in [-0.2, 0) is 19.9 Å². The second kappa shape index (κ2) is 4.81. The number of nitrogens with zero attached hydrogens (tertiary/aromatic N) is 3. The molecule has 0 saturated heterocycles. The second-order valence-corrected chi connectivity index (χ2v) is 7.92. The third-order valence-corrected chi connectivity index (χ3v) is 5.47. The predicted octanol–water partition coefficient (Wildman–Crippen LogP) is 4.29. The molecule has 5 heteroatoms. The molecule has 1 aromatic carbocycles. The van der Waals surface area contributed by atoms with Gasteiger partial charge in [0.25, 0.3) is 0 Å². The fourth-order valence-corrected chi connectivity index (χ4v) is 4.36. The van der Waals surface area contributed by atoms with Gasteiger partial charge in [-0.3, -0.25) is 0 Å². The Labute approximate surface area is 134 Å². The molecule has 0 unspecified atom stereocenters. The minimum absolute atomic E-state index is 0.398. The third kappa shape index (κ3) is 2.29. The molecule has 0 atom stereocenters. The molecule has 4 rings (SSSR count). The number of benzene rings is 1. The first-order valence-electron chi connectivity index (χ1n) is 7.69. The summed E-state index contributed by atoms with van der Waals surface area (Å²) >= 11 is 1.78. The quantitative estimate of drug-likeness (QED) is 0.767. The minimum Gasteiger partial charge on any atom is -0.313 e. The molecule has 0 amide bonds. The van der Waals surface area contributed by atoms with Crippen LogP contribution in [0.2, 0.25) is 0 Å². The Morgan fingerprint density at radius 2 is 2.05 bits per heavy atom. The highest BCUT2D eigenvalue weighted by atomic mass is 32.1. The molecule has 3 aromatic rings. The van der Waals surface area contributed by atoms with E-state index in [1.165, 1.54) is 17.0 Å². The normalized spacial score (nSPS) is 16.7. The van der Waals surface area contributed by atoms with Crippen LogP contribution in [0.15, 0.2) is 24.3 Å². The summed E-state index contributed by atoms with van der Waals surface area (Å²) in [6, 6.07) is 8.18. The number of aryl methyl sites for hydroxylation is 2. The van der Waals surface area contributed by atoms with Gasteiger partial charge in [-0.1, -0.05) is 26.0 Å². The van der Waals surface area contributed by atoms with Gasteiger partial charge < -0.3 is 9.88 Å². The zero-order chi connectivity index (χ0) is 15.3. The van der Waals surface area contributed by atoms with Gasteiger partial charge in [-0.25, -0.2) is 9.97 Å². The number of hydrogen-bond acceptors (Lipinski definition) is 4. The monoisotopic (exact) mass is 312 g/mol. The number of para-hydroxylation sites is 2. The molecule has 2 aromatic heterocycles. The molecule has 2 heterocycles. The van der Waals surface area contributed by atoms with Crippen molar-refractivity contribution in [2.45, 2.75) is 33.1 Å². The number of imidazole rings is 1. The van der Waals surface area contributed by atoms with E-state index in [1.807, 2.05) is 25.2 Å². The van der Waals surface area contributed by atoms with E-state index in [0.717, 1.165) is 35.0 Å². The van der Waals surface area contributed by atoms with Crippen LogP contribution in [0, 0.1) is 5.41 Å². The first-order valence-corrected chi connectivity index (χ1v) is 8.51. The van der Waals surface area contributed by atoms with Crippen molar-refractivity contribution in [3.63, 3.8) is 0 Å². The van der Waals surface area contributed by atoms with Crippen molar-refractivity contribution in [3.8, 4) is 0 Å². The van der Waals surface area contributed by atoms with Gasteiger partial charge in [-0.2, -0.15) is 0 Å². The Kier molecular flexibility index (Phi) is 3.01. The molecule has 4 nitrogen and oxygen atoms in total. The Morgan fingerprint density at radius 3 is 2.86 bits per heavy atom. The topological polar surface area (TPSA) is 42.7 Å². The lowest BCUT2D eigenvalue weighted by Crippen LogP contribution is -2.20. The van der Waals surface area contributed by atoms with E-state index < -0.39 is 0 Å². The Morgan fingerprint density at radius 1 is 1.23 bits per heavy atom. The maximum atomic E-state index is 4.78. The van der Waals surface area contributed by atoms with Gasteiger partial charge in [0.05, 0.1) is 16.7 Å².